The van der Waals surface area contributed by atoms with Crippen molar-refractivity contribution in [3.8, 4) is 0 Å². The molecule has 3 atom stereocenters. The molecular weight excluding hydrogens is 282 g/mol. The maximum absolute atomic E-state index is 12.6. The Labute approximate surface area is 134 Å². The first-order valence-electron chi connectivity index (χ1n) is 8.73. The molecule has 4 heteroatoms. The molecular formula is C17H31NO2S. The van der Waals surface area contributed by atoms with Gasteiger partial charge in [-0.3, -0.25) is 4.79 Å². The van der Waals surface area contributed by atoms with E-state index in [4.69, 9.17) is 4.74 Å². The van der Waals surface area contributed by atoms with Crippen LogP contribution in [0.4, 0.5) is 0 Å². The minimum absolute atomic E-state index is 0.379. The number of hydrogen-bond acceptors (Lipinski definition) is 3. The van der Waals surface area contributed by atoms with Crippen molar-refractivity contribution in [1.29, 1.82) is 0 Å². The number of nitrogens with zero attached hydrogens (tertiary/aromatic N) is 1. The van der Waals surface area contributed by atoms with Gasteiger partial charge in [-0.05, 0) is 43.8 Å². The van der Waals surface area contributed by atoms with Gasteiger partial charge in [-0.15, -0.1) is 0 Å². The lowest BCUT2D eigenvalue weighted by atomic mass is 9.91. The highest BCUT2D eigenvalue weighted by Crippen LogP contribution is 2.27. The molecule has 122 valence electrons. The molecule has 2 fully saturated rings. The molecule has 2 saturated heterocycles. The number of rotatable bonds is 5. The number of thioether (sulfide) groups is 1. The average Bonchev–Trinajstić information content (AvgIpc) is 2.73. The summed E-state index contributed by atoms with van der Waals surface area (Å²) >= 11 is 2.02. The van der Waals surface area contributed by atoms with Gasteiger partial charge in [-0.25, -0.2) is 0 Å². The molecule has 21 heavy (non-hydrogen) atoms. The van der Waals surface area contributed by atoms with Crippen molar-refractivity contribution in [3.05, 3.63) is 0 Å². The Morgan fingerprint density at radius 3 is 2.90 bits per heavy atom. The number of ether oxygens (including phenoxy) is 1. The number of carbonyl (C=O) groups is 1. The van der Waals surface area contributed by atoms with Gasteiger partial charge in [0.25, 0.3) is 0 Å². The van der Waals surface area contributed by atoms with Crippen molar-refractivity contribution in [1.82, 2.24) is 4.90 Å². The Balaban J connectivity index is 1.83. The van der Waals surface area contributed by atoms with Crippen molar-refractivity contribution in [2.45, 2.75) is 70.1 Å². The van der Waals surface area contributed by atoms with E-state index in [-0.39, 0.29) is 0 Å². The van der Waals surface area contributed by atoms with E-state index in [1.54, 1.807) is 0 Å². The second kappa shape index (κ2) is 9.04. The molecule has 2 aliphatic heterocycles. The number of amides is 1. The summed E-state index contributed by atoms with van der Waals surface area (Å²) in [5.74, 6) is 2.09. The zero-order valence-electron chi connectivity index (χ0n) is 13.7. The van der Waals surface area contributed by atoms with Crippen LogP contribution in [0.15, 0.2) is 0 Å². The normalized spacial score (nSPS) is 31.0. The predicted molar refractivity (Wildman–Crippen MR) is 89.7 cm³/mol. The van der Waals surface area contributed by atoms with Gasteiger partial charge in [0.15, 0.2) is 0 Å². The highest BCUT2D eigenvalue weighted by Gasteiger charge is 2.27. The minimum Gasteiger partial charge on any atom is -0.378 e. The van der Waals surface area contributed by atoms with Crippen molar-refractivity contribution in [3.63, 3.8) is 0 Å². The SMILES string of the molecule is CCS[C@@H]1CCCCN(C(=O)C[C@@H]2CCO[C@@H](CC)C2)C1. The van der Waals surface area contributed by atoms with Gasteiger partial charge in [0.2, 0.25) is 5.91 Å². The van der Waals surface area contributed by atoms with E-state index >= 15 is 0 Å². The van der Waals surface area contributed by atoms with Gasteiger partial charge >= 0.3 is 0 Å². The molecule has 0 saturated carbocycles. The van der Waals surface area contributed by atoms with Crippen LogP contribution in [0.2, 0.25) is 0 Å². The van der Waals surface area contributed by atoms with E-state index in [2.05, 4.69) is 18.7 Å². The van der Waals surface area contributed by atoms with Crippen LogP contribution in [-0.4, -0.2) is 47.6 Å². The van der Waals surface area contributed by atoms with Crippen LogP contribution in [-0.2, 0) is 9.53 Å². The van der Waals surface area contributed by atoms with Crippen LogP contribution in [0.1, 0.15) is 58.8 Å². The Morgan fingerprint density at radius 1 is 1.29 bits per heavy atom. The first-order chi connectivity index (χ1) is 10.2. The molecule has 0 aliphatic carbocycles. The third-order valence-corrected chi connectivity index (χ3v) is 5.97. The fourth-order valence-corrected chi connectivity index (χ4v) is 4.60. The van der Waals surface area contributed by atoms with Crippen LogP contribution in [0.25, 0.3) is 0 Å². The fourth-order valence-electron chi connectivity index (χ4n) is 3.51. The predicted octanol–water partition coefficient (Wildman–Crippen LogP) is 3.72. The highest BCUT2D eigenvalue weighted by molar-refractivity contribution is 7.99. The van der Waals surface area contributed by atoms with Gasteiger partial charge < -0.3 is 9.64 Å². The first-order valence-corrected chi connectivity index (χ1v) is 9.78. The number of likely N-dealkylation sites (tertiary alicyclic amines) is 1. The summed E-state index contributed by atoms with van der Waals surface area (Å²) in [6.45, 7) is 7.17. The molecule has 0 N–H and O–H groups in total. The highest BCUT2D eigenvalue weighted by atomic mass is 32.2. The maximum Gasteiger partial charge on any atom is 0.222 e. The van der Waals surface area contributed by atoms with E-state index in [9.17, 15) is 4.79 Å². The maximum atomic E-state index is 12.6. The smallest absolute Gasteiger partial charge is 0.222 e. The van der Waals surface area contributed by atoms with Crippen molar-refractivity contribution in [2.24, 2.45) is 5.92 Å². The topological polar surface area (TPSA) is 29.5 Å². The monoisotopic (exact) mass is 313 g/mol. The zero-order chi connectivity index (χ0) is 15.1. The second-order valence-corrected chi connectivity index (χ2v) is 7.99. The summed E-state index contributed by atoms with van der Waals surface area (Å²) in [5.41, 5.74) is 0. The first kappa shape index (κ1) is 17.1. The summed E-state index contributed by atoms with van der Waals surface area (Å²) in [7, 11) is 0. The summed E-state index contributed by atoms with van der Waals surface area (Å²) in [5, 5.41) is 0.652. The van der Waals surface area contributed by atoms with Crippen molar-refractivity contribution < 1.29 is 9.53 Å². The largest absolute Gasteiger partial charge is 0.378 e. The van der Waals surface area contributed by atoms with E-state index < -0.39 is 0 Å². The molecule has 2 heterocycles. The molecule has 0 unspecified atom stereocenters. The standard InChI is InChI=1S/C17H31NO2S/c1-3-15-11-14(8-10-20-15)12-17(19)18-9-6-5-7-16(13-18)21-4-2/h14-16H,3-13H2,1-2H3/t14-,15+,16-/m1/s1. The summed E-state index contributed by atoms with van der Waals surface area (Å²) in [4.78, 5) is 14.8. The lowest BCUT2D eigenvalue weighted by molar-refractivity contribution is -0.133. The van der Waals surface area contributed by atoms with Crippen LogP contribution >= 0.6 is 11.8 Å². The molecule has 3 nitrogen and oxygen atoms in total. The molecule has 0 aromatic rings. The molecule has 0 aromatic heterocycles. The van der Waals surface area contributed by atoms with Gasteiger partial charge in [0.1, 0.15) is 0 Å². The average molecular weight is 314 g/mol. The quantitative estimate of drug-likeness (QED) is 0.775. The Hall–Kier alpha value is -0.220. The van der Waals surface area contributed by atoms with Crippen LogP contribution in [0, 0.1) is 5.92 Å². The van der Waals surface area contributed by atoms with Crippen LogP contribution in [0.5, 0.6) is 0 Å². The van der Waals surface area contributed by atoms with E-state index in [1.807, 2.05) is 11.8 Å². The molecule has 2 aliphatic rings. The molecule has 1 amide bonds. The van der Waals surface area contributed by atoms with E-state index in [0.717, 1.165) is 51.1 Å². The molecule has 0 aromatic carbocycles. The third-order valence-electron chi connectivity index (χ3n) is 4.78. The third kappa shape index (κ3) is 5.48. The van der Waals surface area contributed by atoms with Crippen molar-refractivity contribution in [2.75, 3.05) is 25.4 Å². The minimum atomic E-state index is 0.379. The molecule has 0 spiro atoms. The van der Waals surface area contributed by atoms with Crippen molar-refractivity contribution >= 4 is 17.7 Å². The Morgan fingerprint density at radius 2 is 2.14 bits per heavy atom. The Kier molecular flexibility index (Phi) is 7.38. The van der Waals surface area contributed by atoms with Gasteiger partial charge in [-0.1, -0.05) is 20.3 Å². The van der Waals surface area contributed by atoms with Gasteiger partial charge in [0, 0.05) is 31.4 Å². The Bertz CT molecular complexity index is 324. The molecule has 2 rings (SSSR count). The van der Waals surface area contributed by atoms with Crippen LogP contribution < -0.4 is 0 Å². The lowest BCUT2D eigenvalue weighted by Gasteiger charge is -2.31. The zero-order valence-corrected chi connectivity index (χ0v) is 14.5. The van der Waals surface area contributed by atoms with Gasteiger partial charge in [0.05, 0.1) is 6.10 Å². The lowest BCUT2D eigenvalue weighted by Crippen LogP contribution is -2.38. The number of hydrogen-bond donors (Lipinski definition) is 0. The van der Waals surface area contributed by atoms with E-state index in [0.29, 0.717) is 23.2 Å². The van der Waals surface area contributed by atoms with E-state index in [1.165, 1.54) is 19.3 Å². The van der Waals surface area contributed by atoms with Gasteiger partial charge in [-0.2, -0.15) is 11.8 Å². The number of carbonyl (C=O) groups excluding carboxylic acids is 1. The molecule has 0 radical (unpaired) electrons. The summed E-state index contributed by atoms with van der Waals surface area (Å²) in [6, 6.07) is 0. The van der Waals surface area contributed by atoms with Crippen LogP contribution in [0.3, 0.4) is 0 Å². The summed E-state index contributed by atoms with van der Waals surface area (Å²) in [6.07, 6.45) is 8.05. The fraction of sp³-hybridized carbons (Fsp3) is 0.941. The summed E-state index contributed by atoms with van der Waals surface area (Å²) < 4.78 is 5.73. The molecule has 0 bridgehead atoms. The second-order valence-electron chi connectivity index (χ2n) is 6.41.